The van der Waals surface area contributed by atoms with Crippen molar-refractivity contribution in [3.8, 4) is 0 Å². The van der Waals surface area contributed by atoms with Crippen LogP contribution in [0.1, 0.15) is 39.0 Å². The largest absolute Gasteiger partial charge is 0.370 e. The Kier molecular flexibility index (Phi) is 5.59. The molecule has 1 aromatic rings. The molecule has 21 heavy (non-hydrogen) atoms. The molecule has 1 aromatic heterocycles. The van der Waals surface area contributed by atoms with Gasteiger partial charge < -0.3 is 21.7 Å². The Bertz CT molecular complexity index is 475. The Morgan fingerprint density at radius 1 is 1.29 bits per heavy atom. The fraction of sp³-hybridized carbons (Fsp3) is 0.643. The highest BCUT2D eigenvalue weighted by Crippen LogP contribution is 2.18. The van der Waals surface area contributed by atoms with E-state index in [0.717, 1.165) is 38.0 Å². The summed E-state index contributed by atoms with van der Waals surface area (Å²) in [5.41, 5.74) is 5.68. The number of rotatable bonds is 9. The van der Waals surface area contributed by atoms with E-state index in [1.54, 1.807) is 0 Å². The van der Waals surface area contributed by atoms with Crippen LogP contribution in [0.5, 0.6) is 0 Å². The maximum absolute atomic E-state index is 11.5. The summed E-state index contributed by atoms with van der Waals surface area (Å²) in [6.07, 6.45) is 4.56. The van der Waals surface area contributed by atoms with Crippen LogP contribution in [0.4, 0.5) is 17.6 Å². The predicted molar refractivity (Wildman–Crippen MR) is 84.1 cm³/mol. The van der Waals surface area contributed by atoms with Gasteiger partial charge in [0.05, 0.1) is 0 Å². The van der Waals surface area contributed by atoms with Gasteiger partial charge in [0, 0.05) is 31.6 Å². The molecule has 1 heterocycles. The van der Waals surface area contributed by atoms with Crippen molar-refractivity contribution in [2.75, 3.05) is 29.5 Å². The molecule has 0 aliphatic heterocycles. The predicted octanol–water partition coefficient (Wildman–Crippen LogP) is 1.35. The third kappa shape index (κ3) is 5.85. The van der Waals surface area contributed by atoms with Gasteiger partial charge in [0.1, 0.15) is 11.6 Å². The van der Waals surface area contributed by atoms with Crippen molar-refractivity contribution in [2.24, 2.45) is 0 Å². The number of nitrogens with one attached hydrogen (secondary N) is 3. The summed E-state index contributed by atoms with van der Waals surface area (Å²) in [5.74, 6) is 1.78. The molecule has 0 radical (unpaired) electrons. The zero-order valence-corrected chi connectivity index (χ0v) is 12.5. The van der Waals surface area contributed by atoms with E-state index < -0.39 is 0 Å². The van der Waals surface area contributed by atoms with Gasteiger partial charge >= 0.3 is 0 Å². The van der Waals surface area contributed by atoms with E-state index in [-0.39, 0.29) is 11.9 Å². The first-order chi connectivity index (χ1) is 10.2. The number of carbonyl (C=O) groups excluding carboxylic acids is 1. The number of nitrogens with zero attached hydrogens (tertiary/aromatic N) is 2. The number of nitrogen functional groups attached to an aromatic ring is 1. The molecule has 7 heteroatoms. The third-order valence-electron chi connectivity index (χ3n) is 3.13. The van der Waals surface area contributed by atoms with E-state index in [0.29, 0.717) is 24.8 Å². The Morgan fingerprint density at radius 3 is 2.57 bits per heavy atom. The van der Waals surface area contributed by atoms with Gasteiger partial charge in [-0.25, -0.2) is 0 Å². The Morgan fingerprint density at radius 2 is 1.95 bits per heavy atom. The standard InChI is InChI=1S/C14H24N6O/c1-2-7-16-11-9-12(20-14(15)19-11)17-8-3-4-13(21)18-10-5-6-10/h9-10H,2-8H2,1H3,(H,18,21)(H4,15,16,17,19,20). The number of anilines is 3. The molecule has 116 valence electrons. The molecule has 1 aliphatic carbocycles. The average molecular weight is 292 g/mol. The van der Waals surface area contributed by atoms with Crippen molar-refractivity contribution in [3.05, 3.63) is 6.07 Å². The highest BCUT2D eigenvalue weighted by molar-refractivity contribution is 5.76. The van der Waals surface area contributed by atoms with Crippen LogP contribution in [-0.4, -0.2) is 35.0 Å². The molecule has 0 aromatic carbocycles. The van der Waals surface area contributed by atoms with E-state index in [4.69, 9.17) is 5.73 Å². The molecule has 7 nitrogen and oxygen atoms in total. The fourth-order valence-corrected chi connectivity index (χ4v) is 1.89. The van der Waals surface area contributed by atoms with Crippen molar-refractivity contribution in [2.45, 2.75) is 45.1 Å². The number of carbonyl (C=O) groups is 1. The fourth-order valence-electron chi connectivity index (χ4n) is 1.89. The molecule has 1 amide bonds. The summed E-state index contributed by atoms with van der Waals surface area (Å²) < 4.78 is 0. The number of hydrogen-bond donors (Lipinski definition) is 4. The van der Waals surface area contributed by atoms with Crippen LogP contribution in [0.15, 0.2) is 6.07 Å². The third-order valence-corrected chi connectivity index (χ3v) is 3.13. The summed E-state index contributed by atoms with van der Waals surface area (Å²) in [5, 5.41) is 9.32. The molecule has 1 aliphatic rings. The normalized spacial score (nSPS) is 13.8. The van der Waals surface area contributed by atoms with Crippen molar-refractivity contribution in [1.82, 2.24) is 15.3 Å². The summed E-state index contributed by atoms with van der Waals surface area (Å²) >= 11 is 0. The van der Waals surface area contributed by atoms with Crippen LogP contribution >= 0.6 is 0 Å². The van der Waals surface area contributed by atoms with E-state index in [1.165, 1.54) is 0 Å². The molecule has 0 saturated heterocycles. The minimum Gasteiger partial charge on any atom is -0.370 e. The van der Waals surface area contributed by atoms with Crippen molar-refractivity contribution < 1.29 is 4.79 Å². The van der Waals surface area contributed by atoms with Crippen LogP contribution in [0.25, 0.3) is 0 Å². The lowest BCUT2D eigenvalue weighted by Crippen LogP contribution is -2.25. The van der Waals surface area contributed by atoms with Crippen molar-refractivity contribution >= 4 is 23.5 Å². The molecule has 0 unspecified atom stereocenters. The topological polar surface area (TPSA) is 105 Å². The van der Waals surface area contributed by atoms with Crippen LogP contribution in [0, 0.1) is 0 Å². The smallest absolute Gasteiger partial charge is 0.223 e. The minimum absolute atomic E-state index is 0.131. The highest BCUT2D eigenvalue weighted by Gasteiger charge is 2.22. The Labute approximate surface area is 125 Å². The van der Waals surface area contributed by atoms with Crippen LogP contribution in [0.3, 0.4) is 0 Å². The van der Waals surface area contributed by atoms with Gasteiger partial charge in [0.15, 0.2) is 0 Å². The number of hydrogen-bond acceptors (Lipinski definition) is 6. The maximum Gasteiger partial charge on any atom is 0.223 e. The van der Waals surface area contributed by atoms with Crippen molar-refractivity contribution in [1.29, 1.82) is 0 Å². The van der Waals surface area contributed by atoms with Gasteiger partial charge in [-0.3, -0.25) is 4.79 Å². The van der Waals surface area contributed by atoms with Gasteiger partial charge in [-0.1, -0.05) is 6.92 Å². The molecular weight excluding hydrogens is 268 g/mol. The zero-order chi connectivity index (χ0) is 15.1. The van der Waals surface area contributed by atoms with Crippen molar-refractivity contribution in [3.63, 3.8) is 0 Å². The van der Waals surface area contributed by atoms with Gasteiger partial charge in [-0.15, -0.1) is 0 Å². The van der Waals surface area contributed by atoms with Crippen LogP contribution < -0.4 is 21.7 Å². The van der Waals surface area contributed by atoms with E-state index >= 15 is 0 Å². The lowest BCUT2D eigenvalue weighted by Gasteiger charge is -2.09. The number of nitrogens with two attached hydrogens (primary N) is 1. The summed E-state index contributed by atoms with van der Waals surface area (Å²) in [7, 11) is 0. The number of amides is 1. The molecule has 1 saturated carbocycles. The first-order valence-electron chi connectivity index (χ1n) is 7.59. The lowest BCUT2D eigenvalue weighted by molar-refractivity contribution is -0.121. The molecule has 0 atom stereocenters. The van der Waals surface area contributed by atoms with Crippen LogP contribution in [-0.2, 0) is 4.79 Å². The van der Waals surface area contributed by atoms with Gasteiger partial charge in [0.2, 0.25) is 11.9 Å². The number of aromatic nitrogens is 2. The van der Waals surface area contributed by atoms with Gasteiger partial charge in [0.25, 0.3) is 0 Å². The van der Waals surface area contributed by atoms with Crippen LogP contribution in [0.2, 0.25) is 0 Å². The lowest BCUT2D eigenvalue weighted by atomic mass is 10.3. The molecule has 0 bridgehead atoms. The van der Waals surface area contributed by atoms with Gasteiger partial charge in [-0.2, -0.15) is 9.97 Å². The highest BCUT2D eigenvalue weighted by atomic mass is 16.1. The second-order valence-corrected chi connectivity index (χ2v) is 5.30. The summed E-state index contributed by atoms with van der Waals surface area (Å²) in [6, 6.07) is 2.26. The molecule has 1 fully saturated rings. The minimum atomic E-state index is 0.131. The average Bonchev–Trinajstić information content (AvgIpc) is 3.25. The van der Waals surface area contributed by atoms with E-state index in [2.05, 4.69) is 32.8 Å². The first kappa shape index (κ1) is 15.3. The second kappa shape index (κ2) is 7.66. The Balaban J connectivity index is 1.71. The summed E-state index contributed by atoms with van der Waals surface area (Å²) in [4.78, 5) is 19.8. The maximum atomic E-state index is 11.5. The molecule has 2 rings (SSSR count). The second-order valence-electron chi connectivity index (χ2n) is 5.30. The molecule has 5 N–H and O–H groups in total. The Hall–Kier alpha value is -2.05. The molecule has 0 spiro atoms. The summed E-state index contributed by atoms with van der Waals surface area (Å²) in [6.45, 7) is 3.61. The monoisotopic (exact) mass is 292 g/mol. The molecular formula is C14H24N6O. The van der Waals surface area contributed by atoms with E-state index in [1.807, 2.05) is 6.07 Å². The first-order valence-corrected chi connectivity index (χ1v) is 7.59. The zero-order valence-electron chi connectivity index (χ0n) is 12.5. The quantitative estimate of drug-likeness (QED) is 0.512. The van der Waals surface area contributed by atoms with E-state index in [9.17, 15) is 4.79 Å². The SMILES string of the molecule is CCCNc1cc(NCCCC(=O)NC2CC2)nc(N)n1. The van der Waals surface area contributed by atoms with Gasteiger partial charge in [-0.05, 0) is 25.7 Å².